The van der Waals surface area contributed by atoms with Crippen LogP contribution >= 0.6 is 54.8 Å². The molecule has 2 aromatic rings. The molecule has 0 N–H and O–H groups in total. The molecule has 16 heavy (non-hydrogen) atoms. The van der Waals surface area contributed by atoms with Crippen LogP contribution < -0.4 is 0 Å². The number of hydrogen-bond donors (Lipinski definition) is 0. The molecule has 1 aromatic heterocycles. The van der Waals surface area contributed by atoms with E-state index in [0.717, 1.165) is 8.81 Å². The molecule has 0 aliphatic rings. The molecular weight excluding hydrogens is 371 g/mol. The van der Waals surface area contributed by atoms with Crippen molar-refractivity contribution in [2.75, 3.05) is 0 Å². The van der Waals surface area contributed by atoms with Crippen molar-refractivity contribution in [3.8, 4) is 0 Å². The molecule has 0 amide bonds. The topological polar surface area (TPSA) is 0 Å². The van der Waals surface area contributed by atoms with E-state index in [1.807, 2.05) is 6.07 Å². The van der Waals surface area contributed by atoms with Gasteiger partial charge in [-0.15, -0.1) is 11.3 Å². The van der Waals surface area contributed by atoms with E-state index in [1.165, 1.54) is 16.0 Å². The summed E-state index contributed by atoms with van der Waals surface area (Å²) in [5, 5.41) is 0.775. The molecule has 84 valence electrons. The zero-order valence-corrected chi connectivity index (χ0v) is 13.3. The van der Waals surface area contributed by atoms with Gasteiger partial charge in [0.2, 0.25) is 0 Å². The lowest BCUT2D eigenvalue weighted by molar-refractivity contribution is 1.21. The summed E-state index contributed by atoms with van der Waals surface area (Å²) >= 11 is 14.8. The molecule has 0 saturated carbocycles. The van der Waals surface area contributed by atoms with Gasteiger partial charge in [0.25, 0.3) is 0 Å². The second-order valence-electron chi connectivity index (χ2n) is 3.55. The third-order valence-electron chi connectivity index (χ3n) is 2.25. The molecule has 1 aromatic carbocycles. The lowest BCUT2D eigenvalue weighted by Crippen LogP contribution is -1.89. The fourth-order valence-corrected chi connectivity index (χ4v) is 3.93. The second kappa shape index (κ2) is 5.21. The summed E-state index contributed by atoms with van der Waals surface area (Å²) < 4.78 is 0.987. The van der Waals surface area contributed by atoms with E-state index in [-0.39, 0.29) is 4.83 Å². The molecule has 0 nitrogen and oxygen atoms in total. The highest BCUT2D eigenvalue weighted by Gasteiger charge is 2.14. The average Bonchev–Trinajstić information content (AvgIpc) is 2.58. The Hall–Kier alpha value is 0.170. The molecule has 0 saturated heterocycles. The van der Waals surface area contributed by atoms with E-state index in [0.29, 0.717) is 0 Å². The summed E-state index contributed by atoms with van der Waals surface area (Å²) in [5.41, 5.74) is 2.52. The van der Waals surface area contributed by atoms with E-state index >= 15 is 0 Å². The van der Waals surface area contributed by atoms with Crippen molar-refractivity contribution >= 4 is 54.8 Å². The Balaban J connectivity index is 2.35. The fourth-order valence-electron chi connectivity index (χ4n) is 1.48. The maximum absolute atomic E-state index is 6.03. The van der Waals surface area contributed by atoms with Gasteiger partial charge in [0.1, 0.15) is 0 Å². The highest BCUT2D eigenvalue weighted by Crippen LogP contribution is 2.41. The van der Waals surface area contributed by atoms with Gasteiger partial charge in [-0.3, -0.25) is 0 Å². The zero-order chi connectivity index (χ0) is 11.7. The van der Waals surface area contributed by atoms with Gasteiger partial charge in [-0.1, -0.05) is 57.4 Å². The van der Waals surface area contributed by atoms with Crippen LogP contribution in [0, 0.1) is 6.92 Å². The van der Waals surface area contributed by atoms with Crippen LogP contribution in [-0.2, 0) is 0 Å². The van der Waals surface area contributed by atoms with Crippen molar-refractivity contribution in [2.45, 2.75) is 11.8 Å². The van der Waals surface area contributed by atoms with Crippen molar-refractivity contribution in [3.63, 3.8) is 0 Å². The number of aryl methyl sites for hydroxylation is 1. The van der Waals surface area contributed by atoms with E-state index < -0.39 is 0 Å². The molecular formula is C12H9Br2ClS. The van der Waals surface area contributed by atoms with Crippen LogP contribution in [0.25, 0.3) is 0 Å². The number of rotatable bonds is 2. The van der Waals surface area contributed by atoms with Gasteiger partial charge in [0.05, 0.1) is 13.6 Å². The van der Waals surface area contributed by atoms with Gasteiger partial charge >= 0.3 is 0 Å². The van der Waals surface area contributed by atoms with Crippen LogP contribution in [-0.4, -0.2) is 0 Å². The molecule has 0 bridgehead atoms. The minimum absolute atomic E-state index is 0.209. The van der Waals surface area contributed by atoms with Gasteiger partial charge in [-0.2, -0.15) is 0 Å². The largest absolute Gasteiger partial charge is 0.130 e. The fraction of sp³-hybridized carbons (Fsp3) is 0.167. The Morgan fingerprint density at radius 3 is 2.62 bits per heavy atom. The van der Waals surface area contributed by atoms with Gasteiger partial charge < -0.3 is 0 Å². The van der Waals surface area contributed by atoms with E-state index in [4.69, 9.17) is 11.6 Å². The van der Waals surface area contributed by atoms with Crippen LogP contribution in [0.2, 0.25) is 5.02 Å². The van der Waals surface area contributed by atoms with Crippen LogP contribution in [0.5, 0.6) is 0 Å². The van der Waals surface area contributed by atoms with Crippen molar-refractivity contribution < 1.29 is 0 Å². The molecule has 0 aliphatic heterocycles. The van der Waals surface area contributed by atoms with E-state index in [1.54, 1.807) is 11.3 Å². The van der Waals surface area contributed by atoms with Gasteiger partial charge in [-0.05, 0) is 34.5 Å². The molecule has 0 aliphatic carbocycles. The molecule has 0 fully saturated rings. The van der Waals surface area contributed by atoms with Crippen LogP contribution in [0.1, 0.15) is 20.8 Å². The maximum Gasteiger partial charge on any atom is 0.0887 e. The normalized spacial score (nSPS) is 12.8. The Labute approximate surface area is 121 Å². The third-order valence-corrected chi connectivity index (χ3v) is 6.11. The lowest BCUT2D eigenvalue weighted by Gasteiger charge is -2.08. The molecule has 0 radical (unpaired) electrons. The van der Waals surface area contributed by atoms with Gasteiger partial charge in [0.15, 0.2) is 0 Å². The molecule has 1 unspecified atom stereocenters. The van der Waals surface area contributed by atoms with Crippen LogP contribution in [0.15, 0.2) is 34.1 Å². The molecule has 2 rings (SSSR count). The quantitative estimate of drug-likeness (QED) is 0.564. The Morgan fingerprint density at radius 2 is 2.06 bits per heavy atom. The van der Waals surface area contributed by atoms with E-state index in [9.17, 15) is 0 Å². The van der Waals surface area contributed by atoms with Gasteiger partial charge in [0, 0.05) is 4.88 Å². The minimum Gasteiger partial charge on any atom is -0.130 e. The summed E-state index contributed by atoms with van der Waals surface area (Å²) in [4.78, 5) is 1.42. The number of halogens is 3. The number of hydrogen-bond acceptors (Lipinski definition) is 1. The first-order valence-electron chi connectivity index (χ1n) is 4.73. The minimum atomic E-state index is 0.209. The maximum atomic E-state index is 6.03. The monoisotopic (exact) mass is 378 g/mol. The summed E-state index contributed by atoms with van der Waals surface area (Å²) in [6.45, 7) is 2.10. The molecule has 0 spiro atoms. The predicted molar refractivity (Wildman–Crippen MR) is 79.0 cm³/mol. The number of thiophene rings is 1. The standard InChI is InChI=1S/C12H9Br2ClS/c1-7-3-2-4-8(5-7)11(13)10-6-9(15)12(14)16-10/h2-6,11H,1H3. The van der Waals surface area contributed by atoms with Crippen molar-refractivity contribution in [2.24, 2.45) is 0 Å². The second-order valence-corrected chi connectivity index (χ2v) is 7.27. The summed E-state index contributed by atoms with van der Waals surface area (Å²) in [7, 11) is 0. The van der Waals surface area contributed by atoms with Crippen molar-refractivity contribution in [1.82, 2.24) is 0 Å². The smallest absolute Gasteiger partial charge is 0.0887 e. The number of alkyl halides is 1. The highest BCUT2D eigenvalue weighted by molar-refractivity contribution is 9.11. The summed E-state index contributed by atoms with van der Waals surface area (Å²) in [6, 6.07) is 10.5. The van der Waals surface area contributed by atoms with Gasteiger partial charge in [-0.25, -0.2) is 0 Å². The summed E-state index contributed by atoms with van der Waals surface area (Å²) in [6.07, 6.45) is 0. The molecule has 1 heterocycles. The third kappa shape index (κ3) is 2.70. The van der Waals surface area contributed by atoms with Crippen LogP contribution in [0.4, 0.5) is 0 Å². The van der Waals surface area contributed by atoms with Crippen LogP contribution in [0.3, 0.4) is 0 Å². The SMILES string of the molecule is Cc1cccc(C(Br)c2cc(Cl)c(Br)s2)c1. The predicted octanol–water partition coefficient (Wildman–Crippen LogP) is 5.96. The van der Waals surface area contributed by atoms with E-state index in [2.05, 4.69) is 63.0 Å². The van der Waals surface area contributed by atoms with Crippen molar-refractivity contribution in [3.05, 3.63) is 55.1 Å². The molecule has 4 heteroatoms. The Kier molecular flexibility index (Phi) is 4.11. The van der Waals surface area contributed by atoms with Crippen molar-refractivity contribution in [1.29, 1.82) is 0 Å². The number of benzene rings is 1. The zero-order valence-electron chi connectivity index (χ0n) is 8.51. The molecule has 1 atom stereocenters. The Morgan fingerprint density at radius 1 is 1.31 bits per heavy atom. The first-order chi connectivity index (χ1) is 7.58. The first-order valence-corrected chi connectivity index (χ1v) is 7.63. The lowest BCUT2D eigenvalue weighted by atomic mass is 10.1. The Bertz CT molecular complexity index is 488. The first kappa shape index (κ1) is 12.6. The summed E-state index contributed by atoms with van der Waals surface area (Å²) in [5.74, 6) is 0. The average molecular weight is 381 g/mol. The highest BCUT2D eigenvalue weighted by atomic mass is 79.9.